The Hall–Kier alpha value is -6.62. The van der Waals surface area contributed by atoms with Gasteiger partial charge in [0, 0.05) is 25.7 Å². The van der Waals surface area contributed by atoms with Crippen LogP contribution in [0.4, 0.5) is 0 Å². The lowest BCUT2D eigenvalue weighted by molar-refractivity contribution is -0.161. The molecule has 0 aromatic rings. The van der Waals surface area contributed by atoms with E-state index in [2.05, 4.69) is 228 Å². The Bertz CT molecular complexity index is 2990. The lowest BCUT2D eigenvalue weighted by Gasteiger charge is -2.21. The molecule has 0 rings (SSSR count). The topological polar surface area (TPSA) is 237 Å². The van der Waals surface area contributed by atoms with Gasteiger partial charge in [0.05, 0.1) is 26.4 Å². The van der Waals surface area contributed by atoms with Crippen LogP contribution in [0.5, 0.6) is 0 Å². The quantitative estimate of drug-likeness (QED) is 0.0169. The van der Waals surface area contributed by atoms with Gasteiger partial charge in [0.1, 0.15) is 19.3 Å². The summed E-state index contributed by atoms with van der Waals surface area (Å²) >= 11 is 0. The van der Waals surface area contributed by atoms with E-state index in [4.69, 9.17) is 37.0 Å². The molecular formula is C93H146O17P2. The van der Waals surface area contributed by atoms with Crippen molar-refractivity contribution in [2.45, 2.75) is 303 Å². The van der Waals surface area contributed by atoms with Crippen LogP contribution in [-0.2, 0) is 65.4 Å². The molecule has 0 spiro atoms. The maximum atomic E-state index is 13.1. The average molecular weight is 1600 g/mol. The first-order valence-electron chi connectivity index (χ1n) is 42.0. The molecule has 0 aromatic heterocycles. The molecule has 0 bridgehead atoms. The molecule has 0 radical (unpaired) electrons. The minimum Gasteiger partial charge on any atom is -0.462 e. The highest BCUT2D eigenvalue weighted by atomic mass is 31.2. The fourth-order valence-electron chi connectivity index (χ4n) is 10.2. The summed E-state index contributed by atoms with van der Waals surface area (Å²) in [7, 11) is -10.0. The summed E-state index contributed by atoms with van der Waals surface area (Å²) in [5.41, 5.74) is 0. The van der Waals surface area contributed by atoms with Gasteiger partial charge in [-0.05, 0) is 186 Å². The number of esters is 4. The number of ether oxygens (including phenoxy) is 4. The number of phosphoric ester groups is 2. The zero-order chi connectivity index (χ0) is 81.7. The van der Waals surface area contributed by atoms with E-state index in [0.717, 1.165) is 180 Å². The normalized spacial score (nSPS) is 14.9. The number of aliphatic hydroxyl groups is 1. The van der Waals surface area contributed by atoms with Crippen molar-refractivity contribution in [3.63, 3.8) is 0 Å². The third-order valence-electron chi connectivity index (χ3n) is 16.4. The Balaban J connectivity index is 5.56. The first-order chi connectivity index (χ1) is 54.7. The molecule has 5 atom stereocenters. The molecule has 2 unspecified atom stereocenters. The lowest BCUT2D eigenvalue weighted by Crippen LogP contribution is -2.30. The van der Waals surface area contributed by atoms with E-state index in [9.17, 15) is 43.2 Å². The SMILES string of the molecule is CC/C=C\C/C=C\C/C=C\C/C=C\C/C=C\C/C=C\CCC(=O)O[C@H](COC(=O)CCCCC/C=C\C/C=C\C/C=C\C/C=C\C/C=C\CC)COP(=O)(O)OC[C@@H](O)COP(=O)(O)OC[C@@H](COC(=O)CCCCC/C=C\C/C=C\C/C=C\C/C=C\C/C=C\CC)OC(=O)CCCCCCC/C=C\C/C=C\CCCCC. The Morgan fingerprint density at radius 2 is 0.482 bits per heavy atom. The van der Waals surface area contributed by atoms with Crippen molar-refractivity contribution >= 4 is 39.5 Å². The first-order valence-corrected chi connectivity index (χ1v) is 45.0. The van der Waals surface area contributed by atoms with E-state index in [0.29, 0.717) is 32.1 Å². The van der Waals surface area contributed by atoms with Crippen LogP contribution in [0.1, 0.15) is 285 Å². The van der Waals surface area contributed by atoms with Gasteiger partial charge in [-0.25, -0.2) is 9.13 Å². The summed E-state index contributed by atoms with van der Waals surface area (Å²) < 4.78 is 68.6. The molecule has 0 aliphatic heterocycles. The molecule has 112 heavy (non-hydrogen) atoms. The molecular weight excluding hydrogens is 1450 g/mol. The molecule has 0 amide bonds. The molecule has 0 saturated heterocycles. The first kappa shape index (κ1) is 105. The Morgan fingerprint density at radius 3 is 0.777 bits per heavy atom. The van der Waals surface area contributed by atoms with Crippen LogP contribution in [-0.4, -0.2) is 96.7 Å². The van der Waals surface area contributed by atoms with Gasteiger partial charge in [0.25, 0.3) is 0 Å². The van der Waals surface area contributed by atoms with E-state index in [1.165, 1.54) is 19.3 Å². The summed E-state index contributed by atoms with van der Waals surface area (Å²) in [5.74, 6) is -2.39. The van der Waals surface area contributed by atoms with Crippen molar-refractivity contribution in [3.8, 4) is 0 Å². The monoisotopic (exact) mass is 1600 g/mol. The second-order valence-corrected chi connectivity index (χ2v) is 29.8. The second kappa shape index (κ2) is 82.4. The van der Waals surface area contributed by atoms with Crippen LogP contribution < -0.4 is 0 Å². The fourth-order valence-corrected chi connectivity index (χ4v) is 11.7. The van der Waals surface area contributed by atoms with E-state index in [-0.39, 0.29) is 25.7 Å². The number of rotatable bonds is 76. The average Bonchev–Trinajstić information content (AvgIpc) is 0.897. The van der Waals surface area contributed by atoms with Crippen LogP contribution in [0.15, 0.2) is 219 Å². The van der Waals surface area contributed by atoms with Gasteiger partial charge in [0.15, 0.2) is 12.2 Å². The van der Waals surface area contributed by atoms with Crippen LogP contribution in [0.3, 0.4) is 0 Å². The van der Waals surface area contributed by atoms with Crippen molar-refractivity contribution < 1.29 is 80.2 Å². The van der Waals surface area contributed by atoms with Gasteiger partial charge in [-0.3, -0.25) is 37.3 Å². The number of carbonyl (C=O) groups is 4. The molecule has 3 N–H and O–H groups in total. The number of unbranched alkanes of at least 4 members (excludes halogenated alkanes) is 14. The summed E-state index contributed by atoms with van der Waals surface area (Å²) in [6.07, 6.45) is 105. The summed E-state index contributed by atoms with van der Waals surface area (Å²) in [6, 6.07) is 0. The van der Waals surface area contributed by atoms with Crippen molar-refractivity contribution in [1.29, 1.82) is 0 Å². The number of hydrogen-bond donors (Lipinski definition) is 3. The van der Waals surface area contributed by atoms with Crippen LogP contribution in [0.25, 0.3) is 0 Å². The highest BCUT2D eigenvalue weighted by molar-refractivity contribution is 7.47. The van der Waals surface area contributed by atoms with Gasteiger partial charge in [0.2, 0.25) is 0 Å². The van der Waals surface area contributed by atoms with Gasteiger partial charge >= 0.3 is 39.5 Å². The number of hydrogen-bond acceptors (Lipinski definition) is 15. The molecule has 0 fully saturated rings. The number of phosphoric acid groups is 2. The summed E-state index contributed by atoms with van der Waals surface area (Å²) in [4.78, 5) is 73.2. The van der Waals surface area contributed by atoms with Crippen LogP contribution >= 0.6 is 15.6 Å². The standard InChI is InChI=1S/C93H146O17P2/c1-5-9-13-17-21-25-29-33-37-40-43-46-50-53-57-61-65-69-73-77-90(95)103-83-88(109-92(97)79-75-71-67-63-59-55-49-36-32-28-24-20-16-12-8-4)85-107-111(99,100)105-81-87(94)82-106-112(101,102)108-86-89(110-93(98)80-76-72-68-64-60-56-52-48-45-42-39-35-31-27-23-19-15-11-7-3)84-104-91(96)78-74-70-66-62-58-54-51-47-44-41-38-34-30-26-22-18-14-10-6-2/h9-11,13-15,21-28,33-39,43-49,53-54,56-58,60,68,72,87-89,94H,5-8,12,16-20,29-32,40-42,50-52,55,59,61-67,69-71,73-86H2,1-4H3,(H,99,100)(H,101,102)/b13-9-,14-10-,15-11-,25-21-,26-22-,27-23-,28-24-,37-33-,38-34-,39-35-,46-43-,47-44-,48-45-,49-36-,57-53-,58-54-,60-56-,72-68-/t87-,88+,89+/m0/s1. The summed E-state index contributed by atoms with van der Waals surface area (Å²) in [6.45, 7) is 4.30. The zero-order valence-corrected chi connectivity index (χ0v) is 70.8. The molecule has 17 nitrogen and oxygen atoms in total. The minimum absolute atomic E-state index is 0.0486. The predicted octanol–water partition coefficient (Wildman–Crippen LogP) is 25.2. The fraction of sp³-hybridized carbons (Fsp3) is 0.570. The van der Waals surface area contributed by atoms with Crippen molar-refractivity contribution in [3.05, 3.63) is 219 Å². The minimum atomic E-state index is -5.03. The third kappa shape index (κ3) is 81.4. The lowest BCUT2D eigenvalue weighted by atomic mass is 10.1. The van der Waals surface area contributed by atoms with Gasteiger partial charge in [-0.15, -0.1) is 0 Å². The number of carbonyl (C=O) groups excluding carboxylic acids is 4. The molecule has 0 saturated carbocycles. The highest BCUT2D eigenvalue weighted by Gasteiger charge is 2.30. The van der Waals surface area contributed by atoms with Gasteiger partial charge < -0.3 is 33.8 Å². The maximum Gasteiger partial charge on any atom is 0.472 e. The van der Waals surface area contributed by atoms with Crippen molar-refractivity contribution in [1.82, 2.24) is 0 Å². The molecule has 0 heterocycles. The molecule has 19 heteroatoms. The smallest absolute Gasteiger partial charge is 0.462 e. The van der Waals surface area contributed by atoms with Crippen LogP contribution in [0.2, 0.25) is 0 Å². The molecule has 0 aliphatic rings. The zero-order valence-electron chi connectivity index (χ0n) is 69.0. The second-order valence-electron chi connectivity index (χ2n) is 26.9. The van der Waals surface area contributed by atoms with Crippen LogP contribution in [0, 0.1) is 0 Å². The van der Waals surface area contributed by atoms with E-state index >= 15 is 0 Å². The van der Waals surface area contributed by atoms with E-state index in [1.54, 1.807) is 0 Å². The van der Waals surface area contributed by atoms with Crippen molar-refractivity contribution in [2.75, 3.05) is 39.6 Å². The van der Waals surface area contributed by atoms with Gasteiger partial charge in [-0.2, -0.15) is 0 Å². The summed E-state index contributed by atoms with van der Waals surface area (Å²) in [5, 5.41) is 10.7. The molecule has 630 valence electrons. The predicted molar refractivity (Wildman–Crippen MR) is 463 cm³/mol. The maximum absolute atomic E-state index is 13.1. The number of aliphatic hydroxyl groups excluding tert-OH is 1. The molecule has 0 aliphatic carbocycles. The third-order valence-corrected chi connectivity index (χ3v) is 18.3. The van der Waals surface area contributed by atoms with E-state index < -0.39 is 97.5 Å². The largest absolute Gasteiger partial charge is 0.472 e. The highest BCUT2D eigenvalue weighted by Crippen LogP contribution is 2.45. The Labute approximate surface area is 677 Å². The van der Waals surface area contributed by atoms with Crippen molar-refractivity contribution in [2.24, 2.45) is 0 Å². The van der Waals surface area contributed by atoms with Gasteiger partial charge in [-0.1, -0.05) is 291 Å². The molecule has 0 aromatic carbocycles. The number of allylic oxidation sites excluding steroid dienone is 36. The Kier molecular flexibility index (Phi) is 77.5. The van der Waals surface area contributed by atoms with E-state index in [1.807, 2.05) is 18.2 Å². The Morgan fingerprint density at radius 1 is 0.259 bits per heavy atom.